The number of primary amides is 1. The van der Waals surface area contributed by atoms with Crippen LogP contribution in [0.4, 0.5) is 10.5 Å². The number of carbonyl (C=O) groups excluding carboxylic acids is 2. The number of amides is 3. The molecular weight excluding hydrogens is 278 g/mol. The van der Waals surface area contributed by atoms with Crippen molar-refractivity contribution < 1.29 is 9.59 Å². The molecule has 0 atom stereocenters. The first-order valence-electron chi connectivity index (χ1n) is 6.96. The Bertz CT molecular complexity index is 694. The third kappa shape index (κ3) is 4.09. The number of anilines is 1. The molecule has 2 aromatic carbocycles. The average molecular weight is 297 g/mol. The van der Waals surface area contributed by atoms with Crippen LogP contribution in [-0.2, 0) is 6.54 Å². The molecule has 5 heteroatoms. The smallest absolute Gasteiger partial charge is 0.316 e. The minimum absolute atomic E-state index is 0.109. The quantitative estimate of drug-likeness (QED) is 0.810. The van der Waals surface area contributed by atoms with Crippen molar-refractivity contribution in [1.29, 1.82) is 0 Å². The van der Waals surface area contributed by atoms with Crippen LogP contribution in [0.2, 0.25) is 0 Å². The maximum Gasteiger partial charge on any atom is 0.316 e. The van der Waals surface area contributed by atoms with E-state index in [4.69, 9.17) is 5.73 Å². The van der Waals surface area contributed by atoms with Crippen LogP contribution in [-0.4, -0.2) is 11.9 Å². The van der Waals surface area contributed by atoms with E-state index in [0.29, 0.717) is 17.8 Å². The number of aryl methyl sites for hydroxylation is 2. The van der Waals surface area contributed by atoms with Crippen LogP contribution < -0.4 is 16.4 Å². The maximum atomic E-state index is 12.1. The minimum Gasteiger partial charge on any atom is -0.351 e. The normalized spacial score (nSPS) is 10.1. The molecule has 4 N–H and O–H groups in total. The van der Waals surface area contributed by atoms with Crippen LogP contribution in [0.15, 0.2) is 42.5 Å². The zero-order chi connectivity index (χ0) is 16.1. The molecule has 114 valence electrons. The lowest BCUT2D eigenvalue weighted by atomic mass is 10.1. The molecule has 0 saturated heterocycles. The standard InChI is InChI=1S/C17H19N3O2/c1-11-3-6-14(9-12(11)2)16(21)19-10-13-4-7-15(8-5-13)20-17(18)22/h3-9H,10H2,1-2H3,(H,19,21)(H3,18,20,22). The zero-order valence-corrected chi connectivity index (χ0v) is 12.6. The Morgan fingerprint density at radius 1 is 1.00 bits per heavy atom. The van der Waals surface area contributed by atoms with Crippen molar-refractivity contribution in [2.45, 2.75) is 20.4 Å². The Balaban J connectivity index is 1.95. The van der Waals surface area contributed by atoms with Gasteiger partial charge in [0, 0.05) is 17.8 Å². The molecule has 0 bridgehead atoms. The minimum atomic E-state index is -0.601. The number of urea groups is 1. The highest BCUT2D eigenvalue weighted by Crippen LogP contribution is 2.11. The van der Waals surface area contributed by atoms with Crippen molar-refractivity contribution in [2.24, 2.45) is 5.73 Å². The molecule has 0 fully saturated rings. The number of nitrogens with one attached hydrogen (secondary N) is 2. The van der Waals surface area contributed by atoms with Crippen molar-refractivity contribution in [2.75, 3.05) is 5.32 Å². The van der Waals surface area contributed by atoms with E-state index in [-0.39, 0.29) is 5.91 Å². The van der Waals surface area contributed by atoms with Gasteiger partial charge in [-0.2, -0.15) is 0 Å². The molecular formula is C17H19N3O2. The Kier molecular flexibility index (Phi) is 4.78. The van der Waals surface area contributed by atoms with Crippen molar-refractivity contribution >= 4 is 17.6 Å². The van der Waals surface area contributed by atoms with Gasteiger partial charge >= 0.3 is 6.03 Å². The Labute approximate surface area is 129 Å². The Hall–Kier alpha value is -2.82. The molecule has 0 aromatic heterocycles. The molecule has 0 unspecified atom stereocenters. The first-order chi connectivity index (χ1) is 10.5. The zero-order valence-electron chi connectivity index (χ0n) is 12.6. The second-order valence-electron chi connectivity index (χ2n) is 5.17. The summed E-state index contributed by atoms with van der Waals surface area (Å²) in [5, 5.41) is 5.36. The van der Waals surface area contributed by atoms with Crippen LogP contribution >= 0.6 is 0 Å². The lowest BCUT2D eigenvalue weighted by molar-refractivity contribution is 0.0951. The average Bonchev–Trinajstić information content (AvgIpc) is 2.48. The molecule has 0 spiro atoms. The van der Waals surface area contributed by atoms with Gasteiger partial charge in [0.05, 0.1) is 0 Å². The van der Waals surface area contributed by atoms with Gasteiger partial charge in [0.2, 0.25) is 0 Å². The predicted molar refractivity (Wildman–Crippen MR) is 86.7 cm³/mol. The molecule has 0 heterocycles. The largest absolute Gasteiger partial charge is 0.351 e. The van der Waals surface area contributed by atoms with E-state index in [1.165, 1.54) is 0 Å². The first kappa shape index (κ1) is 15.6. The predicted octanol–water partition coefficient (Wildman–Crippen LogP) is 2.72. The monoisotopic (exact) mass is 297 g/mol. The fraction of sp³-hybridized carbons (Fsp3) is 0.176. The Morgan fingerprint density at radius 2 is 1.68 bits per heavy atom. The van der Waals surface area contributed by atoms with Crippen LogP contribution in [0, 0.1) is 13.8 Å². The van der Waals surface area contributed by atoms with Crippen molar-refractivity contribution in [3.05, 3.63) is 64.7 Å². The molecule has 5 nitrogen and oxygen atoms in total. The molecule has 0 saturated carbocycles. The lowest BCUT2D eigenvalue weighted by Crippen LogP contribution is -2.23. The summed E-state index contributed by atoms with van der Waals surface area (Å²) in [6.07, 6.45) is 0. The third-order valence-corrected chi connectivity index (χ3v) is 3.44. The number of benzene rings is 2. The lowest BCUT2D eigenvalue weighted by Gasteiger charge is -2.08. The van der Waals surface area contributed by atoms with Gasteiger partial charge in [-0.1, -0.05) is 18.2 Å². The summed E-state index contributed by atoms with van der Waals surface area (Å²) in [7, 11) is 0. The van der Waals surface area contributed by atoms with Crippen LogP contribution in [0.1, 0.15) is 27.0 Å². The van der Waals surface area contributed by atoms with Gasteiger partial charge in [-0.3, -0.25) is 4.79 Å². The molecule has 2 rings (SSSR count). The highest BCUT2D eigenvalue weighted by atomic mass is 16.2. The van der Waals surface area contributed by atoms with Gasteiger partial charge in [0.15, 0.2) is 0 Å². The van der Waals surface area contributed by atoms with E-state index in [9.17, 15) is 9.59 Å². The van der Waals surface area contributed by atoms with E-state index in [0.717, 1.165) is 16.7 Å². The van der Waals surface area contributed by atoms with Crippen molar-refractivity contribution in [1.82, 2.24) is 5.32 Å². The molecule has 22 heavy (non-hydrogen) atoms. The summed E-state index contributed by atoms with van der Waals surface area (Å²) in [5.74, 6) is -0.109. The van der Waals surface area contributed by atoms with E-state index in [2.05, 4.69) is 10.6 Å². The van der Waals surface area contributed by atoms with Gasteiger partial charge in [0.25, 0.3) is 5.91 Å². The van der Waals surface area contributed by atoms with Gasteiger partial charge in [-0.25, -0.2) is 4.79 Å². The highest BCUT2D eigenvalue weighted by molar-refractivity contribution is 5.94. The van der Waals surface area contributed by atoms with Gasteiger partial charge in [0.1, 0.15) is 0 Å². The third-order valence-electron chi connectivity index (χ3n) is 3.44. The molecule has 0 aliphatic carbocycles. The summed E-state index contributed by atoms with van der Waals surface area (Å²) in [6.45, 7) is 4.41. The van der Waals surface area contributed by atoms with Gasteiger partial charge in [-0.15, -0.1) is 0 Å². The fourth-order valence-corrected chi connectivity index (χ4v) is 2.02. The summed E-state index contributed by atoms with van der Waals surface area (Å²) >= 11 is 0. The number of rotatable bonds is 4. The molecule has 0 aliphatic heterocycles. The molecule has 2 aromatic rings. The Morgan fingerprint density at radius 3 is 2.27 bits per heavy atom. The summed E-state index contributed by atoms with van der Waals surface area (Å²) < 4.78 is 0. The molecule has 3 amide bonds. The summed E-state index contributed by atoms with van der Waals surface area (Å²) in [5.41, 5.74) is 9.50. The van der Waals surface area contributed by atoms with Crippen LogP contribution in [0.25, 0.3) is 0 Å². The highest BCUT2D eigenvalue weighted by Gasteiger charge is 2.06. The van der Waals surface area contributed by atoms with Crippen molar-refractivity contribution in [3.63, 3.8) is 0 Å². The SMILES string of the molecule is Cc1ccc(C(=O)NCc2ccc(NC(N)=O)cc2)cc1C. The van der Waals surface area contributed by atoms with E-state index in [1.54, 1.807) is 12.1 Å². The number of hydrogen-bond acceptors (Lipinski definition) is 2. The van der Waals surface area contributed by atoms with E-state index in [1.807, 2.05) is 44.2 Å². The molecule has 0 radical (unpaired) electrons. The van der Waals surface area contributed by atoms with Crippen LogP contribution in [0.3, 0.4) is 0 Å². The topological polar surface area (TPSA) is 84.2 Å². The van der Waals surface area contributed by atoms with Crippen molar-refractivity contribution in [3.8, 4) is 0 Å². The number of carbonyl (C=O) groups is 2. The van der Waals surface area contributed by atoms with Crippen LogP contribution in [0.5, 0.6) is 0 Å². The summed E-state index contributed by atoms with van der Waals surface area (Å²) in [6, 6.07) is 12.2. The second-order valence-corrected chi connectivity index (χ2v) is 5.17. The fourth-order valence-electron chi connectivity index (χ4n) is 2.02. The molecule has 0 aliphatic rings. The summed E-state index contributed by atoms with van der Waals surface area (Å²) in [4.78, 5) is 22.8. The van der Waals surface area contributed by atoms with Gasteiger partial charge < -0.3 is 16.4 Å². The van der Waals surface area contributed by atoms with E-state index >= 15 is 0 Å². The first-order valence-corrected chi connectivity index (χ1v) is 6.96. The number of hydrogen-bond donors (Lipinski definition) is 3. The second kappa shape index (κ2) is 6.76. The van der Waals surface area contributed by atoms with E-state index < -0.39 is 6.03 Å². The van der Waals surface area contributed by atoms with Gasteiger partial charge in [-0.05, 0) is 54.8 Å². The number of nitrogens with two attached hydrogens (primary N) is 1. The maximum absolute atomic E-state index is 12.1.